The first-order chi connectivity index (χ1) is 18.0. The van der Waals surface area contributed by atoms with Gasteiger partial charge in [0.15, 0.2) is 0 Å². The highest BCUT2D eigenvalue weighted by Crippen LogP contribution is 2.27. The molecule has 0 bridgehead atoms. The third-order valence-electron chi connectivity index (χ3n) is 6.48. The molecule has 7 nitrogen and oxygen atoms in total. The molecule has 0 spiro atoms. The molecule has 202 valence electrons. The van der Waals surface area contributed by atoms with Crippen LogP contribution in [0.5, 0.6) is 0 Å². The largest absolute Gasteiger partial charge is 0.352 e. The van der Waals surface area contributed by atoms with Crippen LogP contribution in [0, 0.1) is 6.92 Å². The molecule has 3 rings (SSSR count). The summed E-state index contributed by atoms with van der Waals surface area (Å²) in [7, 11) is -4.12. The van der Waals surface area contributed by atoms with Gasteiger partial charge < -0.3 is 10.2 Å². The van der Waals surface area contributed by atoms with E-state index in [1.165, 1.54) is 23.1 Å². The van der Waals surface area contributed by atoms with Crippen LogP contribution in [0.2, 0.25) is 5.02 Å². The number of nitrogens with zero attached hydrogens (tertiary/aromatic N) is 2. The zero-order valence-electron chi connectivity index (χ0n) is 22.1. The molecule has 0 aromatic heterocycles. The zero-order chi connectivity index (χ0) is 27.9. The van der Waals surface area contributed by atoms with Gasteiger partial charge in [0.2, 0.25) is 11.8 Å². The van der Waals surface area contributed by atoms with Crippen LogP contribution >= 0.6 is 11.6 Å². The normalized spacial score (nSPS) is 12.9. The number of halogens is 1. The number of sulfonamides is 1. The van der Waals surface area contributed by atoms with Crippen molar-refractivity contribution in [2.45, 2.75) is 57.6 Å². The number of benzene rings is 3. The van der Waals surface area contributed by atoms with E-state index in [0.29, 0.717) is 5.02 Å². The maximum absolute atomic E-state index is 13.9. The number of hydrogen-bond donors (Lipinski definition) is 1. The number of hydrogen-bond acceptors (Lipinski definition) is 4. The number of rotatable bonds is 11. The molecule has 0 unspecified atom stereocenters. The third-order valence-corrected chi connectivity index (χ3v) is 8.50. The van der Waals surface area contributed by atoms with Gasteiger partial charge >= 0.3 is 0 Å². The first kappa shape index (κ1) is 29.2. The molecule has 0 aliphatic carbocycles. The van der Waals surface area contributed by atoms with Gasteiger partial charge in [-0.25, -0.2) is 8.42 Å². The van der Waals surface area contributed by atoms with Crippen molar-refractivity contribution in [2.75, 3.05) is 10.8 Å². The van der Waals surface area contributed by atoms with Crippen molar-refractivity contribution in [3.63, 3.8) is 0 Å². The van der Waals surface area contributed by atoms with Crippen molar-refractivity contribution in [1.82, 2.24) is 10.2 Å². The van der Waals surface area contributed by atoms with Gasteiger partial charge in [-0.15, -0.1) is 0 Å². The van der Waals surface area contributed by atoms with Gasteiger partial charge in [0.1, 0.15) is 12.6 Å². The van der Waals surface area contributed by atoms with Crippen molar-refractivity contribution in [2.24, 2.45) is 0 Å². The fraction of sp³-hybridized carbons (Fsp3) is 0.310. The first-order valence-corrected chi connectivity index (χ1v) is 14.3. The average Bonchev–Trinajstić information content (AvgIpc) is 2.91. The van der Waals surface area contributed by atoms with Gasteiger partial charge in [0.25, 0.3) is 10.0 Å². The van der Waals surface area contributed by atoms with Crippen molar-refractivity contribution in [3.05, 3.63) is 95.0 Å². The van der Waals surface area contributed by atoms with Crippen LogP contribution < -0.4 is 9.62 Å². The summed E-state index contributed by atoms with van der Waals surface area (Å²) in [5, 5.41) is 3.27. The summed E-state index contributed by atoms with van der Waals surface area (Å²) in [6.45, 7) is 7.08. The number of carbonyl (C=O) groups excluding carboxylic acids is 2. The lowest BCUT2D eigenvalue weighted by atomic mass is 10.1. The maximum atomic E-state index is 13.9. The Kier molecular flexibility index (Phi) is 9.94. The minimum absolute atomic E-state index is 0.0424. The van der Waals surface area contributed by atoms with Gasteiger partial charge in [0, 0.05) is 17.6 Å². The Labute approximate surface area is 230 Å². The first-order valence-electron chi connectivity index (χ1n) is 12.5. The van der Waals surface area contributed by atoms with Crippen LogP contribution in [-0.2, 0) is 26.2 Å². The molecular weight excluding hydrogens is 522 g/mol. The standard InChI is InChI=1S/C29H34ClN3O4S/c1-5-22(3)31-29(35)23(4)32(19-24-13-10-9-12-21(24)2)28(34)20-33(26-15-11-14-25(30)18-26)38(36,37)27-16-7-6-8-17-27/h6-18,22-23H,5,19-20H2,1-4H3,(H,31,35)/t22-,23+/m0/s1. The van der Waals surface area contributed by atoms with E-state index in [9.17, 15) is 18.0 Å². The second kappa shape index (κ2) is 12.9. The highest BCUT2D eigenvalue weighted by molar-refractivity contribution is 7.92. The topological polar surface area (TPSA) is 86.8 Å². The van der Waals surface area contributed by atoms with E-state index in [1.807, 2.05) is 45.0 Å². The van der Waals surface area contributed by atoms with Crippen LogP contribution in [0.1, 0.15) is 38.3 Å². The summed E-state index contributed by atoms with van der Waals surface area (Å²) in [6.07, 6.45) is 0.738. The van der Waals surface area contributed by atoms with E-state index in [4.69, 9.17) is 11.6 Å². The smallest absolute Gasteiger partial charge is 0.264 e. The number of aryl methyl sites for hydroxylation is 1. The lowest BCUT2D eigenvalue weighted by molar-refractivity contribution is -0.139. The molecule has 0 aliphatic heterocycles. The van der Waals surface area contributed by atoms with E-state index in [-0.39, 0.29) is 29.1 Å². The van der Waals surface area contributed by atoms with Crippen molar-refractivity contribution in [1.29, 1.82) is 0 Å². The van der Waals surface area contributed by atoms with Gasteiger partial charge in [-0.3, -0.25) is 13.9 Å². The molecule has 3 aromatic carbocycles. The number of nitrogens with one attached hydrogen (secondary N) is 1. The number of carbonyl (C=O) groups is 2. The summed E-state index contributed by atoms with van der Waals surface area (Å²) < 4.78 is 28.5. The highest BCUT2D eigenvalue weighted by atomic mass is 35.5. The average molecular weight is 556 g/mol. The van der Waals surface area contributed by atoms with Gasteiger partial charge in [-0.05, 0) is 68.7 Å². The number of amides is 2. The molecule has 2 amide bonds. The molecular formula is C29H34ClN3O4S. The molecule has 0 saturated carbocycles. The Morgan fingerprint density at radius 3 is 2.24 bits per heavy atom. The quantitative estimate of drug-likeness (QED) is 0.353. The van der Waals surface area contributed by atoms with E-state index < -0.39 is 28.5 Å². The molecule has 0 fully saturated rings. The number of anilines is 1. The second-order valence-electron chi connectivity index (χ2n) is 9.25. The van der Waals surface area contributed by atoms with Crippen molar-refractivity contribution >= 4 is 39.1 Å². The Hall–Kier alpha value is -3.36. The van der Waals surface area contributed by atoms with E-state index in [1.54, 1.807) is 43.3 Å². The lowest BCUT2D eigenvalue weighted by Gasteiger charge is -2.32. The summed E-state index contributed by atoms with van der Waals surface area (Å²) in [5.74, 6) is -0.818. The maximum Gasteiger partial charge on any atom is 0.264 e. The minimum atomic E-state index is -4.12. The predicted octanol–water partition coefficient (Wildman–Crippen LogP) is 5.18. The molecule has 1 N–H and O–H groups in total. The van der Waals surface area contributed by atoms with E-state index >= 15 is 0 Å². The highest BCUT2D eigenvalue weighted by Gasteiger charge is 2.33. The Morgan fingerprint density at radius 2 is 1.61 bits per heavy atom. The molecule has 0 saturated heterocycles. The molecule has 9 heteroatoms. The molecule has 0 radical (unpaired) electrons. The van der Waals surface area contributed by atoms with Crippen molar-refractivity contribution < 1.29 is 18.0 Å². The van der Waals surface area contributed by atoms with Crippen LogP contribution in [0.3, 0.4) is 0 Å². The molecule has 0 heterocycles. The fourth-order valence-electron chi connectivity index (χ4n) is 3.90. The Morgan fingerprint density at radius 1 is 0.947 bits per heavy atom. The Bertz CT molecular complexity index is 1370. The minimum Gasteiger partial charge on any atom is -0.352 e. The van der Waals surface area contributed by atoms with Crippen LogP contribution in [-0.4, -0.2) is 43.8 Å². The molecule has 2 atom stereocenters. The summed E-state index contributed by atoms with van der Waals surface area (Å²) in [4.78, 5) is 28.5. The van der Waals surface area contributed by atoms with Gasteiger partial charge in [-0.1, -0.05) is 67.1 Å². The third kappa shape index (κ3) is 7.14. The lowest BCUT2D eigenvalue weighted by Crippen LogP contribution is -2.52. The SMILES string of the molecule is CC[C@H](C)NC(=O)[C@@H](C)N(Cc1ccccc1C)C(=O)CN(c1cccc(Cl)c1)S(=O)(=O)c1ccccc1. The van der Waals surface area contributed by atoms with Crippen LogP contribution in [0.15, 0.2) is 83.8 Å². The monoisotopic (exact) mass is 555 g/mol. The Balaban J connectivity index is 2.03. The summed E-state index contributed by atoms with van der Waals surface area (Å²) >= 11 is 6.19. The van der Waals surface area contributed by atoms with E-state index in [0.717, 1.165) is 21.9 Å². The van der Waals surface area contributed by atoms with E-state index in [2.05, 4.69) is 5.32 Å². The summed E-state index contributed by atoms with van der Waals surface area (Å²) in [6, 6.07) is 20.9. The second-order valence-corrected chi connectivity index (χ2v) is 11.5. The molecule has 0 aliphatic rings. The molecule has 3 aromatic rings. The van der Waals surface area contributed by atoms with Gasteiger partial charge in [-0.2, -0.15) is 0 Å². The molecule has 38 heavy (non-hydrogen) atoms. The van der Waals surface area contributed by atoms with Crippen LogP contribution in [0.4, 0.5) is 5.69 Å². The van der Waals surface area contributed by atoms with Crippen LogP contribution in [0.25, 0.3) is 0 Å². The zero-order valence-corrected chi connectivity index (χ0v) is 23.7. The summed E-state index contributed by atoms with van der Waals surface area (Å²) in [5.41, 5.74) is 2.08. The predicted molar refractivity (Wildman–Crippen MR) is 152 cm³/mol. The van der Waals surface area contributed by atoms with Gasteiger partial charge in [0.05, 0.1) is 10.6 Å². The fourth-order valence-corrected chi connectivity index (χ4v) is 5.51. The van der Waals surface area contributed by atoms with Crippen molar-refractivity contribution in [3.8, 4) is 0 Å².